The van der Waals surface area contributed by atoms with Crippen molar-refractivity contribution >= 4 is 29.0 Å². The first-order valence-electron chi connectivity index (χ1n) is 8.37. The molecule has 0 atom stereocenters. The van der Waals surface area contributed by atoms with Crippen molar-refractivity contribution in [3.63, 3.8) is 0 Å². The van der Waals surface area contributed by atoms with Gasteiger partial charge in [0, 0.05) is 24.8 Å². The molecule has 132 valence electrons. The van der Waals surface area contributed by atoms with E-state index in [0.717, 1.165) is 25.9 Å². The Morgan fingerprint density at radius 1 is 1.12 bits per heavy atom. The Hall–Kier alpha value is -2.40. The van der Waals surface area contributed by atoms with E-state index in [4.69, 9.17) is 16.3 Å². The number of benzene rings is 2. The minimum atomic E-state index is -0.237. The number of hydrogen-bond acceptors (Lipinski definition) is 3. The number of halogens is 1. The number of piperidine rings is 1. The number of anilines is 2. The van der Waals surface area contributed by atoms with Crippen LogP contribution in [0.2, 0.25) is 5.02 Å². The van der Waals surface area contributed by atoms with Crippen LogP contribution in [0.5, 0.6) is 5.75 Å². The molecule has 6 heteroatoms. The third-order valence-electron chi connectivity index (χ3n) is 4.37. The molecule has 1 aliphatic rings. The summed E-state index contributed by atoms with van der Waals surface area (Å²) in [4.78, 5) is 14.6. The number of hydrogen-bond donors (Lipinski definition) is 2. The Morgan fingerprint density at radius 3 is 2.52 bits per heavy atom. The van der Waals surface area contributed by atoms with Gasteiger partial charge in [0.25, 0.3) is 0 Å². The maximum Gasteiger partial charge on any atom is 0.319 e. The first-order chi connectivity index (χ1) is 12.2. The van der Waals surface area contributed by atoms with E-state index in [1.54, 1.807) is 18.2 Å². The quantitative estimate of drug-likeness (QED) is 0.862. The van der Waals surface area contributed by atoms with Crippen LogP contribution in [0.15, 0.2) is 48.5 Å². The monoisotopic (exact) mass is 359 g/mol. The van der Waals surface area contributed by atoms with Crippen LogP contribution >= 0.6 is 11.6 Å². The summed E-state index contributed by atoms with van der Waals surface area (Å²) in [5.74, 6) is 0.471. The molecule has 1 fully saturated rings. The Labute approximate surface area is 152 Å². The highest BCUT2D eigenvalue weighted by Gasteiger charge is 2.21. The Balaban J connectivity index is 1.52. The highest BCUT2D eigenvalue weighted by molar-refractivity contribution is 6.32. The number of nitrogens with one attached hydrogen (secondary N) is 2. The van der Waals surface area contributed by atoms with Gasteiger partial charge < -0.3 is 20.3 Å². The molecule has 1 aliphatic heterocycles. The van der Waals surface area contributed by atoms with Crippen molar-refractivity contribution < 1.29 is 9.53 Å². The summed E-state index contributed by atoms with van der Waals surface area (Å²) in [7, 11) is 1.53. The lowest BCUT2D eigenvalue weighted by molar-refractivity contribution is 0.246. The maximum absolute atomic E-state index is 12.3. The lowest BCUT2D eigenvalue weighted by Gasteiger charge is -2.34. The summed E-state index contributed by atoms with van der Waals surface area (Å²) in [6.07, 6.45) is 1.82. The van der Waals surface area contributed by atoms with Crippen molar-refractivity contribution in [1.82, 2.24) is 5.32 Å². The molecule has 2 aromatic rings. The predicted molar refractivity (Wildman–Crippen MR) is 102 cm³/mol. The van der Waals surface area contributed by atoms with Crippen molar-refractivity contribution in [2.75, 3.05) is 30.4 Å². The Morgan fingerprint density at radius 2 is 1.84 bits per heavy atom. The fourth-order valence-electron chi connectivity index (χ4n) is 3.08. The second-order valence-corrected chi connectivity index (χ2v) is 6.42. The molecule has 0 unspecified atom stereocenters. The molecular formula is C19H22ClN3O2. The number of carbonyl (C=O) groups is 1. The number of nitrogens with zero attached hydrogens (tertiary/aromatic N) is 1. The number of rotatable bonds is 4. The first kappa shape index (κ1) is 17.4. The summed E-state index contributed by atoms with van der Waals surface area (Å²) in [6.45, 7) is 1.85. The van der Waals surface area contributed by atoms with E-state index in [1.807, 2.05) is 18.2 Å². The highest BCUT2D eigenvalue weighted by atomic mass is 35.5. The highest BCUT2D eigenvalue weighted by Crippen LogP contribution is 2.32. The topological polar surface area (TPSA) is 53.6 Å². The molecule has 25 heavy (non-hydrogen) atoms. The van der Waals surface area contributed by atoms with Crippen LogP contribution < -0.4 is 20.3 Å². The zero-order valence-electron chi connectivity index (χ0n) is 14.2. The molecule has 2 amide bonds. The molecule has 0 spiro atoms. The average molecular weight is 360 g/mol. The van der Waals surface area contributed by atoms with Crippen LogP contribution in [-0.4, -0.2) is 32.3 Å². The standard InChI is InChI=1S/C19H22ClN3O2/c1-25-18-16(20)8-5-9-17(18)22-19(24)21-14-10-12-23(13-11-14)15-6-3-2-4-7-15/h2-9,14H,10-13H2,1H3,(H2,21,22,24). The molecule has 0 aromatic heterocycles. The number of methoxy groups -OCH3 is 1. The molecule has 1 saturated heterocycles. The van der Waals surface area contributed by atoms with Crippen molar-refractivity contribution in [2.45, 2.75) is 18.9 Å². The summed E-state index contributed by atoms with van der Waals surface area (Å²) in [5, 5.41) is 6.32. The van der Waals surface area contributed by atoms with E-state index in [9.17, 15) is 4.79 Å². The van der Waals surface area contributed by atoms with E-state index in [2.05, 4.69) is 27.7 Å². The van der Waals surface area contributed by atoms with Crippen molar-refractivity contribution in [1.29, 1.82) is 0 Å². The summed E-state index contributed by atoms with van der Waals surface area (Å²) in [6, 6.07) is 15.5. The molecule has 0 bridgehead atoms. The van der Waals surface area contributed by atoms with Crippen LogP contribution in [0.3, 0.4) is 0 Å². The Bertz CT molecular complexity index is 716. The van der Waals surface area contributed by atoms with E-state index in [1.165, 1.54) is 12.8 Å². The molecule has 2 aromatic carbocycles. The number of ether oxygens (including phenoxy) is 1. The van der Waals surface area contributed by atoms with Crippen LogP contribution in [0, 0.1) is 0 Å². The number of amides is 2. The van der Waals surface area contributed by atoms with Gasteiger partial charge in [-0.2, -0.15) is 0 Å². The second-order valence-electron chi connectivity index (χ2n) is 6.02. The van der Waals surface area contributed by atoms with E-state index in [0.29, 0.717) is 16.5 Å². The van der Waals surface area contributed by atoms with Gasteiger partial charge in [-0.1, -0.05) is 35.9 Å². The van der Waals surface area contributed by atoms with Gasteiger partial charge in [0.2, 0.25) is 0 Å². The SMILES string of the molecule is COc1c(Cl)cccc1NC(=O)NC1CCN(c2ccccc2)CC1. The lowest BCUT2D eigenvalue weighted by atomic mass is 10.0. The third kappa shape index (κ3) is 4.37. The maximum atomic E-state index is 12.3. The van der Waals surface area contributed by atoms with E-state index < -0.39 is 0 Å². The minimum absolute atomic E-state index is 0.158. The van der Waals surface area contributed by atoms with E-state index in [-0.39, 0.29) is 12.1 Å². The zero-order valence-corrected chi connectivity index (χ0v) is 14.9. The molecule has 1 heterocycles. The zero-order chi connectivity index (χ0) is 17.6. The molecule has 3 rings (SSSR count). The van der Waals surface area contributed by atoms with Gasteiger partial charge in [-0.05, 0) is 37.1 Å². The normalized spacial score (nSPS) is 14.9. The number of urea groups is 1. The molecule has 0 saturated carbocycles. The van der Waals surface area contributed by atoms with E-state index >= 15 is 0 Å². The average Bonchev–Trinajstić information content (AvgIpc) is 2.63. The second kappa shape index (κ2) is 8.12. The summed E-state index contributed by atoms with van der Waals surface area (Å²) in [5.41, 5.74) is 1.79. The van der Waals surface area contributed by atoms with Gasteiger partial charge in [0.1, 0.15) is 0 Å². The van der Waals surface area contributed by atoms with Gasteiger partial charge in [-0.3, -0.25) is 0 Å². The van der Waals surface area contributed by atoms with Crippen LogP contribution in [0.4, 0.5) is 16.2 Å². The molecule has 0 radical (unpaired) electrons. The molecule has 5 nitrogen and oxygen atoms in total. The first-order valence-corrected chi connectivity index (χ1v) is 8.75. The van der Waals surface area contributed by atoms with Gasteiger partial charge in [-0.15, -0.1) is 0 Å². The van der Waals surface area contributed by atoms with Gasteiger partial charge in [0.15, 0.2) is 5.75 Å². The summed E-state index contributed by atoms with van der Waals surface area (Å²) >= 11 is 6.08. The largest absolute Gasteiger partial charge is 0.493 e. The smallest absolute Gasteiger partial charge is 0.319 e. The Kier molecular flexibility index (Phi) is 5.66. The third-order valence-corrected chi connectivity index (χ3v) is 4.67. The van der Waals surface area contributed by atoms with Crippen molar-refractivity contribution in [3.8, 4) is 5.75 Å². The van der Waals surface area contributed by atoms with Crippen LogP contribution in [0.1, 0.15) is 12.8 Å². The fourth-order valence-corrected chi connectivity index (χ4v) is 3.33. The molecular weight excluding hydrogens is 338 g/mol. The van der Waals surface area contributed by atoms with Crippen LogP contribution in [-0.2, 0) is 0 Å². The lowest BCUT2D eigenvalue weighted by Crippen LogP contribution is -2.46. The van der Waals surface area contributed by atoms with Crippen molar-refractivity contribution in [2.24, 2.45) is 0 Å². The predicted octanol–water partition coefficient (Wildman–Crippen LogP) is 4.14. The molecule has 2 N–H and O–H groups in total. The number of para-hydroxylation sites is 2. The minimum Gasteiger partial charge on any atom is -0.493 e. The van der Waals surface area contributed by atoms with Gasteiger partial charge in [0.05, 0.1) is 17.8 Å². The van der Waals surface area contributed by atoms with Gasteiger partial charge >= 0.3 is 6.03 Å². The fraction of sp³-hybridized carbons (Fsp3) is 0.316. The number of carbonyl (C=O) groups excluding carboxylic acids is 1. The van der Waals surface area contributed by atoms with Gasteiger partial charge in [-0.25, -0.2) is 4.79 Å². The summed E-state index contributed by atoms with van der Waals surface area (Å²) < 4.78 is 5.25. The van der Waals surface area contributed by atoms with Crippen LogP contribution in [0.25, 0.3) is 0 Å². The van der Waals surface area contributed by atoms with Crippen molar-refractivity contribution in [3.05, 3.63) is 53.6 Å². The molecule has 0 aliphatic carbocycles.